The minimum atomic E-state index is 0. The van der Waals surface area contributed by atoms with Crippen molar-refractivity contribution >= 4 is 0 Å². The van der Waals surface area contributed by atoms with Crippen molar-refractivity contribution in [1.29, 1.82) is 0 Å². The van der Waals surface area contributed by atoms with Crippen molar-refractivity contribution in [3.63, 3.8) is 0 Å². The van der Waals surface area contributed by atoms with Gasteiger partial charge in [0, 0.05) is 0 Å². The first-order valence-corrected chi connectivity index (χ1v) is 1.51. The molecule has 3 heteroatoms. The zero-order valence-electron chi connectivity index (χ0n) is 4.89. The Balaban J connectivity index is 0. The smallest absolute Gasteiger partial charge is 0.499 e. The molecule has 0 aliphatic carbocycles. The standard InChI is InChI=1S/C4H7O2.Li/c1-4(5-2)6-3;/h1H,2-3H3;/q-1;+1. The monoisotopic (exact) mass is 94.1 g/mol. The predicted molar refractivity (Wildman–Crippen MR) is 21.8 cm³/mol. The van der Waals surface area contributed by atoms with Crippen molar-refractivity contribution in [1.82, 2.24) is 0 Å². The van der Waals surface area contributed by atoms with E-state index in [2.05, 4.69) is 9.47 Å². The summed E-state index contributed by atoms with van der Waals surface area (Å²) in [6, 6.07) is 0. The number of rotatable bonds is 2. The van der Waals surface area contributed by atoms with Crippen LogP contribution in [0.25, 0.3) is 0 Å². The van der Waals surface area contributed by atoms with Gasteiger partial charge in [-0.2, -0.15) is 0 Å². The molecule has 0 rings (SSSR count). The summed E-state index contributed by atoms with van der Waals surface area (Å²) in [5.41, 5.74) is 0. The first-order chi connectivity index (χ1) is 2.81. The third kappa shape index (κ3) is 5.94. The fourth-order valence-corrected chi connectivity index (χ4v) is 0.0833. The van der Waals surface area contributed by atoms with Crippen LogP contribution in [0.1, 0.15) is 0 Å². The molecule has 0 radical (unpaired) electrons. The molecule has 0 saturated heterocycles. The van der Waals surface area contributed by atoms with Gasteiger partial charge >= 0.3 is 18.9 Å². The van der Waals surface area contributed by atoms with Crippen LogP contribution in [0, 0.1) is 6.58 Å². The Bertz CT molecular complexity index is 47.7. The second-order valence-electron chi connectivity index (χ2n) is 0.727. The van der Waals surface area contributed by atoms with Crippen LogP contribution < -0.4 is 18.9 Å². The van der Waals surface area contributed by atoms with Crippen LogP contribution in [0.15, 0.2) is 5.95 Å². The molecule has 0 aromatic heterocycles. The van der Waals surface area contributed by atoms with Crippen molar-refractivity contribution in [2.75, 3.05) is 14.2 Å². The predicted octanol–water partition coefficient (Wildman–Crippen LogP) is -2.44. The average molecular weight is 94.0 g/mol. The number of methoxy groups -OCH3 is 2. The molecule has 0 aliphatic heterocycles. The zero-order valence-corrected chi connectivity index (χ0v) is 4.89. The van der Waals surface area contributed by atoms with Crippen LogP contribution in [0.4, 0.5) is 0 Å². The van der Waals surface area contributed by atoms with E-state index >= 15 is 0 Å². The molecule has 2 nitrogen and oxygen atoms in total. The fourth-order valence-electron chi connectivity index (χ4n) is 0.0833. The van der Waals surface area contributed by atoms with Crippen LogP contribution in [0.3, 0.4) is 0 Å². The maximum atomic E-state index is 4.94. The van der Waals surface area contributed by atoms with Gasteiger partial charge in [-0.25, -0.2) is 0 Å². The molecular formula is C4H7LiO2. The first-order valence-electron chi connectivity index (χ1n) is 1.51. The molecule has 0 fully saturated rings. The minimum Gasteiger partial charge on any atom is -0.499 e. The van der Waals surface area contributed by atoms with Crippen LogP contribution in [0.2, 0.25) is 0 Å². The van der Waals surface area contributed by atoms with Gasteiger partial charge in [0.15, 0.2) is 0 Å². The summed E-state index contributed by atoms with van der Waals surface area (Å²) >= 11 is 0. The van der Waals surface area contributed by atoms with E-state index in [1.165, 1.54) is 14.2 Å². The van der Waals surface area contributed by atoms with Gasteiger partial charge in [-0.05, 0) is 0 Å². The Hall–Kier alpha value is -0.0626. The van der Waals surface area contributed by atoms with Crippen molar-refractivity contribution < 1.29 is 28.3 Å². The summed E-state index contributed by atoms with van der Waals surface area (Å²) < 4.78 is 8.74. The van der Waals surface area contributed by atoms with E-state index < -0.39 is 0 Å². The van der Waals surface area contributed by atoms with E-state index in [-0.39, 0.29) is 24.8 Å². The van der Waals surface area contributed by atoms with E-state index in [1.54, 1.807) is 0 Å². The van der Waals surface area contributed by atoms with Gasteiger partial charge in [-0.15, -0.1) is 0 Å². The Morgan fingerprint density at radius 2 is 1.57 bits per heavy atom. The molecule has 0 aliphatic rings. The molecule has 0 aromatic carbocycles. The van der Waals surface area contributed by atoms with Gasteiger partial charge in [0.1, 0.15) is 0 Å². The normalized spacial score (nSPS) is 6.00. The Morgan fingerprint density at radius 1 is 1.29 bits per heavy atom. The van der Waals surface area contributed by atoms with E-state index in [4.69, 9.17) is 6.58 Å². The van der Waals surface area contributed by atoms with Crippen molar-refractivity contribution in [3.8, 4) is 0 Å². The van der Waals surface area contributed by atoms with Crippen molar-refractivity contribution in [3.05, 3.63) is 12.5 Å². The van der Waals surface area contributed by atoms with Gasteiger partial charge in [-0.1, -0.05) is 0 Å². The number of hydrogen-bond acceptors (Lipinski definition) is 2. The van der Waals surface area contributed by atoms with Gasteiger partial charge in [-0.3, -0.25) is 0 Å². The maximum Gasteiger partial charge on any atom is 1.00 e. The topological polar surface area (TPSA) is 18.5 Å². The van der Waals surface area contributed by atoms with Crippen LogP contribution in [-0.2, 0) is 9.47 Å². The fraction of sp³-hybridized carbons (Fsp3) is 0.500. The molecule has 0 N–H and O–H groups in total. The van der Waals surface area contributed by atoms with E-state index in [1.807, 2.05) is 0 Å². The van der Waals surface area contributed by atoms with E-state index in [0.29, 0.717) is 0 Å². The van der Waals surface area contributed by atoms with Crippen LogP contribution >= 0.6 is 0 Å². The number of ether oxygens (including phenoxy) is 2. The minimum absolute atomic E-state index is 0. The molecule has 0 heterocycles. The van der Waals surface area contributed by atoms with E-state index in [9.17, 15) is 0 Å². The SMILES string of the molecule is [CH-]=C(OC)OC.[Li+]. The quantitative estimate of drug-likeness (QED) is 0.215. The van der Waals surface area contributed by atoms with Gasteiger partial charge < -0.3 is 16.1 Å². The largest absolute Gasteiger partial charge is 1.00 e. The molecule has 0 saturated carbocycles. The van der Waals surface area contributed by atoms with Gasteiger partial charge in [0.05, 0.1) is 20.2 Å². The molecule has 0 unspecified atom stereocenters. The molecule has 0 bridgehead atoms. The summed E-state index contributed by atoms with van der Waals surface area (Å²) in [5.74, 6) is 0.0926. The molecular weight excluding hydrogens is 87.0 g/mol. The van der Waals surface area contributed by atoms with Crippen LogP contribution in [-0.4, -0.2) is 14.2 Å². The summed E-state index contributed by atoms with van der Waals surface area (Å²) in [6.45, 7) is 4.94. The second-order valence-corrected chi connectivity index (χ2v) is 0.727. The van der Waals surface area contributed by atoms with E-state index in [0.717, 1.165) is 0 Å². The molecule has 0 amide bonds. The third-order valence-electron chi connectivity index (χ3n) is 0.402. The molecule has 0 aromatic rings. The molecule has 0 atom stereocenters. The average Bonchev–Trinajstić information content (AvgIpc) is 1.65. The van der Waals surface area contributed by atoms with Crippen molar-refractivity contribution in [2.24, 2.45) is 0 Å². The first kappa shape index (κ1) is 10.0. The second kappa shape index (κ2) is 5.94. The Kier molecular flexibility index (Phi) is 8.51. The molecule has 36 valence electrons. The van der Waals surface area contributed by atoms with Gasteiger partial charge in [0.25, 0.3) is 0 Å². The maximum absolute atomic E-state index is 4.94. The molecule has 7 heavy (non-hydrogen) atoms. The van der Waals surface area contributed by atoms with Crippen LogP contribution in [0.5, 0.6) is 0 Å². The van der Waals surface area contributed by atoms with Crippen molar-refractivity contribution in [2.45, 2.75) is 0 Å². The Labute approximate surface area is 55.7 Å². The number of hydrogen-bond donors (Lipinski definition) is 0. The summed E-state index contributed by atoms with van der Waals surface area (Å²) in [4.78, 5) is 0. The zero-order chi connectivity index (χ0) is 4.99. The third-order valence-corrected chi connectivity index (χ3v) is 0.402. The Morgan fingerprint density at radius 3 is 1.57 bits per heavy atom. The van der Waals surface area contributed by atoms with Gasteiger partial charge in [0.2, 0.25) is 0 Å². The summed E-state index contributed by atoms with van der Waals surface area (Å²) in [7, 11) is 2.89. The summed E-state index contributed by atoms with van der Waals surface area (Å²) in [6.07, 6.45) is 0. The summed E-state index contributed by atoms with van der Waals surface area (Å²) in [5, 5.41) is 0. The molecule has 0 spiro atoms.